The van der Waals surface area contributed by atoms with Crippen molar-refractivity contribution >= 4 is 29.4 Å². The molecule has 3 heterocycles. The Hall–Kier alpha value is -3.16. The molecule has 31 heavy (non-hydrogen) atoms. The van der Waals surface area contributed by atoms with Crippen LogP contribution in [0.4, 0.5) is 22.2 Å². The topological polar surface area (TPSA) is 81.7 Å². The quantitative estimate of drug-likeness (QED) is 0.802. The third-order valence-electron chi connectivity index (χ3n) is 6.34. The van der Waals surface area contributed by atoms with Crippen LogP contribution < -0.4 is 10.2 Å². The summed E-state index contributed by atoms with van der Waals surface area (Å²) in [6, 6.07) is 9.76. The Morgan fingerprint density at radius 1 is 1.13 bits per heavy atom. The number of rotatable bonds is 5. The van der Waals surface area contributed by atoms with Crippen LogP contribution in [0.5, 0.6) is 0 Å². The summed E-state index contributed by atoms with van der Waals surface area (Å²) in [6.07, 6.45) is 5.67. The summed E-state index contributed by atoms with van der Waals surface area (Å²) in [5.74, 6) is 1.77. The van der Waals surface area contributed by atoms with E-state index < -0.39 is 0 Å². The van der Waals surface area contributed by atoms with Gasteiger partial charge in [-0.05, 0) is 44.7 Å². The molecule has 8 nitrogen and oxygen atoms in total. The first-order chi connectivity index (χ1) is 15.1. The van der Waals surface area contributed by atoms with Crippen molar-refractivity contribution in [1.29, 1.82) is 0 Å². The van der Waals surface area contributed by atoms with Crippen LogP contribution in [0.25, 0.3) is 0 Å². The summed E-state index contributed by atoms with van der Waals surface area (Å²) in [5, 5.41) is 3.44. The largest absolute Gasteiger partial charge is 0.351 e. The Bertz CT molecular complexity index is 969. The van der Waals surface area contributed by atoms with Crippen LogP contribution in [0.1, 0.15) is 38.2 Å². The van der Waals surface area contributed by atoms with E-state index in [0.29, 0.717) is 30.8 Å². The van der Waals surface area contributed by atoms with E-state index in [9.17, 15) is 9.59 Å². The first kappa shape index (κ1) is 19.8. The van der Waals surface area contributed by atoms with Gasteiger partial charge in [0.1, 0.15) is 0 Å². The van der Waals surface area contributed by atoms with E-state index in [1.54, 1.807) is 9.80 Å². The van der Waals surface area contributed by atoms with Gasteiger partial charge in [-0.2, -0.15) is 4.98 Å². The first-order valence-electron chi connectivity index (χ1n) is 11.2. The van der Waals surface area contributed by atoms with Crippen molar-refractivity contribution in [3.63, 3.8) is 0 Å². The molecular formula is C23H28N6O2. The maximum Gasteiger partial charge on any atom is 0.330 e. The van der Waals surface area contributed by atoms with Gasteiger partial charge in [0.2, 0.25) is 11.9 Å². The molecule has 2 aromatic rings. The third-order valence-corrected chi connectivity index (χ3v) is 6.34. The molecule has 0 radical (unpaired) electrons. The third kappa shape index (κ3) is 3.94. The van der Waals surface area contributed by atoms with Crippen LogP contribution in [0.2, 0.25) is 0 Å². The first-order valence-corrected chi connectivity index (χ1v) is 11.2. The number of fused-ring (bicyclic) bond motifs is 1. The van der Waals surface area contributed by atoms with E-state index in [-0.39, 0.29) is 18.0 Å². The zero-order valence-electron chi connectivity index (χ0n) is 17.8. The summed E-state index contributed by atoms with van der Waals surface area (Å²) in [7, 11) is 0. The lowest BCUT2D eigenvalue weighted by molar-refractivity contribution is -0.133. The molecule has 0 bridgehead atoms. The Kier molecular flexibility index (Phi) is 5.21. The molecule has 3 aliphatic rings. The number of para-hydroxylation sites is 1. The van der Waals surface area contributed by atoms with Crippen molar-refractivity contribution in [2.24, 2.45) is 5.92 Å². The van der Waals surface area contributed by atoms with Gasteiger partial charge in [-0.15, -0.1) is 0 Å². The molecular weight excluding hydrogens is 392 g/mol. The molecule has 1 aromatic heterocycles. The van der Waals surface area contributed by atoms with Crippen molar-refractivity contribution in [3.8, 4) is 0 Å². The molecule has 1 aromatic carbocycles. The van der Waals surface area contributed by atoms with Gasteiger partial charge in [0.05, 0.1) is 12.2 Å². The summed E-state index contributed by atoms with van der Waals surface area (Å²) in [4.78, 5) is 40.1. The van der Waals surface area contributed by atoms with E-state index in [1.807, 2.05) is 48.4 Å². The standard InChI is InChI=1S/C23H28N6O2/c1-2-27-15-17-14-24-22(25-18-10-12-28(13-11-18)21(30)16-8-9-16)26-20(17)29(23(27)31)19-6-4-3-5-7-19/h3-7,14,16,18H,2,8-13,15H2,1H3,(H,24,25,26). The number of amides is 3. The highest BCUT2D eigenvalue weighted by Crippen LogP contribution is 2.34. The molecule has 1 saturated carbocycles. The highest BCUT2D eigenvalue weighted by Gasteiger charge is 2.35. The van der Waals surface area contributed by atoms with Crippen LogP contribution in [-0.2, 0) is 11.3 Å². The zero-order valence-corrected chi connectivity index (χ0v) is 17.8. The number of urea groups is 1. The summed E-state index contributed by atoms with van der Waals surface area (Å²) < 4.78 is 0. The van der Waals surface area contributed by atoms with E-state index in [0.717, 1.165) is 50.0 Å². The number of anilines is 3. The molecule has 0 atom stereocenters. The molecule has 2 fully saturated rings. The predicted octanol–water partition coefficient (Wildman–Crippen LogP) is 3.38. The number of nitrogens with zero attached hydrogens (tertiary/aromatic N) is 5. The van der Waals surface area contributed by atoms with Gasteiger partial charge in [0, 0.05) is 43.4 Å². The number of likely N-dealkylation sites (tertiary alicyclic amines) is 1. The van der Waals surface area contributed by atoms with Crippen molar-refractivity contribution in [1.82, 2.24) is 19.8 Å². The zero-order chi connectivity index (χ0) is 21.4. The number of hydrogen-bond acceptors (Lipinski definition) is 5. The summed E-state index contributed by atoms with van der Waals surface area (Å²) in [5.41, 5.74) is 1.73. The predicted molar refractivity (Wildman–Crippen MR) is 118 cm³/mol. The molecule has 8 heteroatoms. The molecule has 5 rings (SSSR count). The van der Waals surface area contributed by atoms with Crippen LogP contribution in [0.15, 0.2) is 36.5 Å². The van der Waals surface area contributed by atoms with Gasteiger partial charge in [-0.25, -0.2) is 14.7 Å². The molecule has 0 spiro atoms. The van der Waals surface area contributed by atoms with Gasteiger partial charge in [0.15, 0.2) is 5.82 Å². The lowest BCUT2D eigenvalue weighted by atomic mass is 10.0. The smallest absolute Gasteiger partial charge is 0.330 e. The second-order valence-corrected chi connectivity index (χ2v) is 8.53. The Balaban J connectivity index is 1.34. The molecule has 1 aliphatic carbocycles. The number of carbonyl (C=O) groups is 2. The molecule has 0 unspecified atom stereocenters. The van der Waals surface area contributed by atoms with E-state index in [4.69, 9.17) is 4.98 Å². The number of hydrogen-bond donors (Lipinski definition) is 1. The Morgan fingerprint density at radius 2 is 1.87 bits per heavy atom. The Labute approximate surface area is 182 Å². The number of aromatic nitrogens is 2. The molecule has 2 aliphatic heterocycles. The fourth-order valence-corrected chi connectivity index (χ4v) is 4.35. The maximum atomic E-state index is 13.1. The molecule has 162 valence electrons. The summed E-state index contributed by atoms with van der Waals surface area (Å²) in [6.45, 7) is 4.66. The van der Waals surface area contributed by atoms with E-state index in [1.165, 1.54) is 0 Å². The molecule has 1 N–H and O–H groups in total. The second kappa shape index (κ2) is 8.17. The fourth-order valence-electron chi connectivity index (χ4n) is 4.35. The lowest BCUT2D eigenvalue weighted by Crippen LogP contribution is -2.45. The van der Waals surface area contributed by atoms with Gasteiger partial charge in [-0.3, -0.25) is 4.79 Å². The minimum Gasteiger partial charge on any atom is -0.351 e. The lowest BCUT2D eigenvalue weighted by Gasteiger charge is -2.36. The summed E-state index contributed by atoms with van der Waals surface area (Å²) >= 11 is 0. The number of benzene rings is 1. The highest BCUT2D eigenvalue weighted by molar-refractivity contribution is 6.00. The number of piperidine rings is 1. The van der Waals surface area contributed by atoms with Crippen LogP contribution in [0.3, 0.4) is 0 Å². The number of nitrogens with one attached hydrogen (secondary N) is 1. The molecule has 1 saturated heterocycles. The van der Waals surface area contributed by atoms with Gasteiger partial charge < -0.3 is 15.1 Å². The van der Waals surface area contributed by atoms with Crippen LogP contribution in [-0.4, -0.2) is 57.4 Å². The highest BCUT2D eigenvalue weighted by atomic mass is 16.2. The van der Waals surface area contributed by atoms with Gasteiger partial charge >= 0.3 is 6.03 Å². The van der Waals surface area contributed by atoms with Gasteiger partial charge in [0.25, 0.3) is 0 Å². The number of carbonyl (C=O) groups excluding carboxylic acids is 2. The molecule has 3 amide bonds. The van der Waals surface area contributed by atoms with E-state index in [2.05, 4.69) is 10.3 Å². The van der Waals surface area contributed by atoms with Crippen molar-refractivity contribution in [3.05, 3.63) is 42.1 Å². The normalized spacial score (nSPS) is 19.4. The van der Waals surface area contributed by atoms with Crippen molar-refractivity contribution in [2.75, 3.05) is 29.9 Å². The fraction of sp³-hybridized carbons (Fsp3) is 0.478. The maximum absolute atomic E-state index is 13.1. The minimum absolute atomic E-state index is 0.0715. The Morgan fingerprint density at radius 3 is 2.55 bits per heavy atom. The monoisotopic (exact) mass is 420 g/mol. The van der Waals surface area contributed by atoms with Gasteiger partial charge in [-0.1, -0.05) is 18.2 Å². The second-order valence-electron chi connectivity index (χ2n) is 8.53. The SMILES string of the molecule is CCN1Cc2cnc(NC3CCN(C(=O)C4CC4)CC3)nc2N(c2ccccc2)C1=O. The van der Waals surface area contributed by atoms with Crippen molar-refractivity contribution in [2.45, 2.75) is 45.2 Å². The van der Waals surface area contributed by atoms with E-state index >= 15 is 0 Å². The average molecular weight is 421 g/mol. The minimum atomic E-state index is -0.0715. The average Bonchev–Trinajstić information content (AvgIpc) is 3.65. The van der Waals surface area contributed by atoms with Crippen LogP contribution >= 0.6 is 0 Å². The van der Waals surface area contributed by atoms with Crippen molar-refractivity contribution < 1.29 is 9.59 Å². The van der Waals surface area contributed by atoms with Crippen LogP contribution in [0, 0.1) is 5.92 Å².